The molecule has 0 spiro atoms. The molecule has 5 nitrogen and oxygen atoms in total. The van der Waals surface area contributed by atoms with E-state index in [1.54, 1.807) is 7.05 Å². The van der Waals surface area contributed by atoms with Crippen LogP contribution in [0.25, 0.3) is 0 Å². The van der Waals surface area contributed by atoms with Crippen molar-refractivity contribution in [3.05, 3.63) is 41.1 Å². The van der Waals surface area contributed by atoms with Gasteiger partial charge in [-0.2, -0.15) is 9.90 Å². The topological polar surface area (TPSA) is 59.8 Å². The SMILES string of the molecule is Cc1ccc(C)c(C(=O)Nc2cnn(C)n2)c1. The molecule has 0 saturated carbocycles. The van der Waals surface area contributed by atoms with Crippen molar-refractivity contribution in [2.24, 2.45) is 7.05 Å². The van der Waals surface area contributed by atoms with Crippen molar-refractivity contribution in [2.45, 2.75) is 13.8 Å². The van der Waals surface area contributed by atoms with Crippen molar-refractivity contribution in [1.82, 2.24) is 15.0 Å². The average Bonchev–Trinajstić information content (AvgIpc) is 2.67. The minimum atomic E-state index is -0.160. The Kier molecular flexibility index (Phi) is 2.91. The number of hydrogen-bond acceptors (Lipinski definition) is 3. The summed E-state index contributed by atoms with van der Waals surface area (Å²) in [5.74, 6) is 0.296. The summed E-state index contributed by atoms with van der Waals surface area (Å²) in [7, 11) is 1.70. The molecule has 0 aliphatic carbocycles. The van der Waals surface area contributed by atoms with Gasteiger partial charge in [0.15, 0.2) is 5.82 Å². The van der Waals surface area contributed by atoms with E-state index in [4.69, 9.17) is 0 Å². The van der Waals surface area contributed by atoms with E-state index in [9.17, 15) is 4.79 Å². The first-order valence-electron chi connectivity index (χ1n) is 5.31. The van der Waals surface area contributed by atoms with Crippen molar-refractivity contribution in [2.75, 3.05) is 5.32 Å². The molecular weight excluding hydrogens is 216 g/mol. The van der Waals surface area contributed by atoms with Gasteiger partial charge in [0.2, 0.25) is 0 Å². The summed E-state index contributed by atoms with van der Waals surface area (Å²) in [4.78, 5) is 13.4. The van der Waals surface area contributed by atoms with Crippen LogP contribution in [0.15, 0.2) is 24.4 Å². The number of rotatable bonds is 2. The van der Waals surface area contributed by atoms with Crippen molar-refractivity contribution in [1.29, 1.82) is 0 Å². The summed E-state index contributed by atoms with van der Waals surface area (Å²) < 4.78 is 0. The van der Waals surface area contributed by atoms with Gasteiger partial charge in [-0.1, -0.05) is 17.7 Å². The van der Waals surface area contributed by atoms with Gasteiger partial charge in [0.1, 0.15) is 0 Å². The van der Waals surface area contributed by atoms with E-state index < -0.39 is 0 Å². The van der Waals surface area contributed by atoms with Crippen LogP contribution in [0.4, 0.5) is 5.82 Å². The summed E-state index contributed by atoms with van der Waals surface area (Å²) in [6.07, 6.45) is 1.52. The van der Waals surface area contributed by atoms with Gasteiger partial charge in [-0.3, -0.25) is 4.79 Å². The Hall–Kier alpha value is -2.17. The van der Waals surface area contributed by atoms with E-state index in [0.717, 1.165) is 11.1 Å². The molecule has 0 atom stereocenters. The van der Waals surface area contributed by atoms with Gasteiger partial charge < -0.3 is 5.32 Å². The lowest BCUT2D eigenvalue weighted by atomic mass is 10.1. The lowest BCUT2D eigenvalue weighted by molar-refractivity contribution is 0.102. The van der Waals surface area contributed by atoms with Crippen LogP contribution in [-0.4, -0.2) is 20.9 Å². The standard InChI is InChI=1S/C12H14N4O/c1-8-4-5-9(2)10(6-8)12(17)14-11-7-13-16(3)15-11/h4-7H,1-3H3,(H,14,15,17). The largest absolute Gasteiger partial charge is 0.304 e. The number of anilines is 1. The second-order valence-corrected chi connectivity index (χ2v) is 3.99. The first-order valence-corrected chi connectivity index (χ1v) is 5.31. The van der Waals surface area contributed by atoms with Crippen LogP contribution in [0.5, 0.6) is 0 Å². The Labute approximate surface area is 99.5 Å². The normalized spacial score (nSPS) is 10.3. The highest BCUT2D eigenvalue weighted by molar-refractivity contribution is 6.04. The summed E-state index contributed by atoms with van der Waals surface area (Å²) >= 11 is 0. The molecule has 1 heterocycles. The monoisotopic (exact) mass is 230 g/mol. The van der Waals surface area contributed by atoms with Crippen LogP contribution in [0.2, 0.25) is 0 Å². The molecular formula is C12H14N4O. The number of nitrogens with one attached hydrogen (secondary N) is 1. The summed E-state index contributed by atoms with van der Waals surface area (Å²) in [6, 6.07) is 5.77. The van der Waals surface area contributed by atoms with E-state index in [1.165, 1.54) is 11.0 Å². The zero-order valence-corrected chi connectivity index (χ0v) is 10.1. The maximum Gasteiger partial charge on any atom is 0.257 e. The second-order valence-electron chi connectivity index (χ2n) is 3.99. The Bertz CT molecular complexity index is 559. The Balaban J connectivity index is 2.22. The highest BCUT2D eigenvalue weighted by Crippen LogP contribution is 2.12. The fraction of sp³-hybridized carbons (Fsp3) is 0.250. The zero-order valence-electron chi connectivity index (χ0n) is 10.1. The van der Waals surface area contributed by atoms with E-state index in [0.29, 0.717) is 11.4 Å². The molecule has 0 unspecified atom stereocenters. The van der Waals surface area contributed by atoms with Crippen LogP contribution >= 0.6 is 0 Å². The van der Waals surface area contributed by atoms with E-state index in [1.807, 2.05) is 32.0 Å². The molecule has 5 heteroatoms. The molecule has 2 aromatic rings. The van der Waals surface area contributed by atoms with E-state index in [-0.39, 0.29) is 5.91 Å². The molecule has 0 radical (unpaired) electrons. The summed E-state index contributed by atoms with van der Waals surface area (Å²) in [6.45, 7) is 3.86. The Morgan fingerprint density at radius 3 is 2.76 bits per heavy atom. The molecule has 2 rings (SSSR count). The number of amides is 1. The number of aromatic nitrogens is 3. The zero-order chi connectivity index (χ0) is 12.4. The van der Waals surface area contributed by atoms with Crippen LogP contribution in [0.3, 0.4) is 0 Å². The third kappa shape index (κ3) is 2.50. The Morgan fingerprint density at radius 2 is 2.12 bits per heavy atom. The molecule has 1 N–H and O–H groups in total. The molecule has 1 amide bonds. The first kappa shape index (κ1) is 11.3. The van der Waals surface area contributed by atoms with Gasteiger partial charge in [0, 0.05) is 12.6 Å². The maximum atomic E-state index is 12.0. The van der Waals surface area contributed by atoms with E-state index in [2.05, 4.69) is 15.5 Å². The van der Waals surface area contributed by atoms with E-state index >= 15 is 0 Å². The molecule has 88 valence electrons. The van der Waals surface area contributed by atoms with Crippen LogP contribution in [0.1, 0.15) is 21.5 Å². The predicted octanol–water partition coefficient (Wildman–Crippen LogP) is 1.68. The number of hydrogen-bond donors (Lipinski definition) is 1. The van der Waals surface area contributed by atoms with Crippen molar-refractivity contribution in [3.63, 3.8) is 0 Å². The van der Waals surface area contributed by atoms with Crippen molar-refractivity contribution in [3.8, 4) is 0 Å². The quantitative estimate of drug-likeness (QED) is 0.854. The van der Waals surface area contributed by atoms with Gasteiger partial charge in [0.25, 0.3) is 5.91 Å². The number of carbonyl (C=O) groups is 1. The van der Waals surface area contributed by atoms with Crippen LogP contribution in [-0.2, 0) is 7.05 Å². The average molecular weight is 230 g/mol. The number of benzene rings is 1. The molecule has 0 saturated heterocycles. The van der Waals surface area contributed by atoms with Crippen molar-refractivity contribution < 1.29 is 4.79 Å². The van der Waals surface area contributed by atoms with Gasteiger partial charge in [-0.15, -0.1) is 5.10 Å². The highest BCUT2D eigenvalue weighted by atomic mass is 16.1. The smallest absolute Gasteiger partial charge is 0.257 e. The number of carbonyl (C=O) groups excluding carboxylic acids is 1. The molecule has 0 aliphatic heterocycles. The first-order chi connectivity index (χ1) is 8.06. The fourth-order valence-electron chi connectivity index (χ4n) is 1.57. The van der Waals surface area contributed by atoms with Gasteiger partial charge in [0.05, 0.1) is 6.20 Å². The molecule has 0 fully saturated rings. The second kappa shape index (κ2) is 4.37. The van der Waals surface area contributed by atoms with Crippen LogP contribution < -0.4 is 5.32 Å². The highest BCUT2D eigenvalue weighted by Gasteiger charge is 2.10. The maximum absolute atomic E-state index is 12.0. The predicted molar refractivity (Wildman–Crippen MR) is 64.9 cm³/mol. The van der Waals surface area contributed by atoms with Crippen LogP contribution in [0, 0.1) is 13.8 Å². The van der Waals surface area contributed by atoms with Gasteiger partial charge in [-0.05, 0) is 25.5 Å². The summed E-state index contributed by atoms with van der Waals surface area (Å²) in [5, 5.41) is 10.6. The Morgan fingerprint density at radius 1 is 1.35 bits per heavy atom. The molecule has 1 aromatic heterocycles. The number of aryl methyl sites for hydroxylation is 3. The van der Waals surface area contributed by atoms with Gasteiger partial charge >= 0.3 is 0 Å². The molecule has 0 bridgehead atoms. The number of nitrogens with zero attached hydrogens (tertiary/aromatic N) is 3. The minimum Gasteiger partial charge on any atom is -0.304 e. The third-order valence-electron chi connectivity index (χ3n) is 2.48. The summed E-state index contributed by atoms with van der Waals surface area (Å²) in [5.41, 5.74) is 2.66. The molecule has 0 aliphatic rings. The lowest BCUT2D eigenvalue weighted by Gasteiger charge is -2.06. The molecule has 1 aromatic carbocycles. The minimum absolute atomic E-state index is 0.160. The lowest BCUT2D eigenvalue weighted by Crippen LogP contribution is -2.14. The van der Waals surface area contributed by atoms with Gasteiger partial charge in [-0.25, -0.2) is 0 Å². The third-order valence-corrected chi connectivity index (χ3v) is 2.48. The molecule has 17 heavy (non-hydrogen) atoms. The van der Waals surface area contributed by atoms with Crippen molar-refractivity contribution >= 4 is 11.7 Å². The fourth-order valence-corrected chi connectivity index (χ4v) is 1.57.